The molecular weight excluding hydrogens is 995 g/mol. The second-order valence-corrected chi connectivity index (χ2v) is 22.9. The first-order chi connectivity index (χ1) is 39.3. The molecule has 1 amide bonds. The molecule has 0 aromatic rings. The van der Waals surface area contributed by atoms with Gasteiger partial charge in [-0.15, -0.1) is 0 Å². The predicted molar refractivity (Wildman–Crippen MR) is 341 cm³/mol. The molecule has 462 valence electrons. The van der Waals surface area contributed by atoms with Crippen molar-refractivity contribution in [2.75, 3.05) is 13.2 Å². The monoisotopic (exact) mass is 1120 g/mol. The van der Waals surface area contributed by atoms with Crippen LogP contribution < -0.4 is 5.32 Å². The van der Waals surface area contributed by atoms with Gasteiger partial charge in [-0.05, 0) is 83.5 Å². The molecule has 0 aliphatic carbocycles. The maximum Gasteiger partial charge on any atom is 0.220 e. The number of rotatable bonds is 57. The second kappa shape index (κ2) is 59.3. The Morgan fingerprint density at radius 2 is 0.787 bits per heavy atom. The van der Waals surface area contributed by atoms with Crippen LogP contribution in [0.3, 0.4) is 0 Å². The van der Waals surface area contributed by atoms with E-state index in [1.54, 1.807) is 6.08 Å². The number of hydrogen-bond acceptors (Lipinski definition) is 8. The summed E-state index contributed by atoms with van der Waals surface area (Å²) in [6.07, 6.45) is 79.2. The van der Waals surface area contributed by atoms with Gasteiger partial charge in [0.1, 0.15) is 24.4 Å². The minimum absolute atomic E-state index is 0.188. The Labute approximate surface area is 492 Å². The second-order valence-electron chi connectivity index (χ2n) is 22.9. The van der Waals surface area contributed by atoms with Gasteiger partial charge in [-0.3, -0.25) is 4.79 Å². The molecule has 0 bridgehead atoms. The maximum absolute atomic E-state index is 13.1. The summed E-state index contributed by atoms with van der Waals surface area (Å²) in [7, 11) is 0. The number of ether oxygens (including phenoxy) is 2. The van der Waals surface area contributed by atoms with Crippen molar-refractivity contribution in [2.45, 2.75) is 333 Å². The smallest absolute Gasteiger partial charge is 0.220 e. The molecule has 80 heavy (non-hydrogen) atoms. The average Bonchev–Trinajstić information content (AvgIpc) is 3.46. The van der Waals surface area contributed by atoms with E-state index in [0.29, 0.717) is 6.42 Å². The number of nitrogens with one attached hydrogen (secondary N) is 1. The summed E-state index contributed by atoms with van der Waals surface area (Å²) in [6, 6.07) is -0.829. The number of amides is 1. The summed E-state index contributed by atoms with van der Waals surface area (Å²) in [6.45, 7) is 3.67. The van der Waals surface area contributed by atoms with E-state index in [-0.39, 0.29) is 12.5 Å². The molecule has 1 aliphatic rings. The van der Waals surface area contributed by atoms with Gasteiger partial charge in [0.15, 0.2) is 6.29 Å². The molecular formula is C71H125NO8. The van der Waals surface area contributed by atoms with Crippen LogP contribution in [0.15, 0.2) is 97.2 Å². The molecule has 9 heteroatoms. The molecule has 7 atom stereocenters. The molecule has 1 fully saturated rings. The molecule has 7 unspecified atom stereocenters. The Bertz CT molecular complexity index is 1580. The third-order valence-corrected chi connectivity index (χ3v) is 15.4. The van der Waals surface area contributed by atoms with Crippen LogP contribution in [-0.2, 0) is 14.3 Å². The van der Waals surface area contributed by atoms with Crippen LogP contribution in [0, 0.1) is 0 Å². The zero-order valence-corrected chi connectivity index (χ0v) is 51.6. The van der Waals surface area contributed by atoms with Crippen LogP contribution >= 0.6 is 0 Å². The Kier molecular flexibility index (Phi) is 55.7. The van der Waals surface area contributed by atoms with Gasteiger partial charge in [0.05, 0.1) is 25.4 Å². The first kappa shape index (κ1) is 75.1. The van der Waals surface area contributed by atoms with E-state index in [1.165, 1.54) is 193 Å². The zero-order chi connectivity index (χ0) is 57.9. The number of unbranched alkanes of at least 4 members (excludes halogenated alkanes) is 33. The number of allylic oxidation sites excluding steroid dienone is 15. The zero-order valence-electron chi connectivity index (χ0n) is 51.6. The summed E-state index contributed by atoms with van der Waals surface area (Å²) in [5.41, 5.74) is 0. The molecule has 1 saturated heterocycles. The molecule has 0 radical (unpaired) electrons. The van der Waals surface area contributed by atoms with Gasteiger partial charge in [0, 0.05) is 6.42 Å². The highest BCUT2D eigenvalue weighted by atomic mass is 16.7. The van der Waals surface area contributed by atoms with Gasteiger partial charge >= 0.3 is 0 Å². The highest BCUT2D eigenvalue weighted by Crippen LogP contribution is 2.23. The van der Waals surface area contributed by atoms with Crippen molar-refractivity contribution in [1.29, 1.82) is 0 Å². The molecule has 9 nitrogen and oxygen atoms in total. The lowest BCUT2D eigenvalue weighted by molar-refractivity contribution is -0.302. The van der Waals surface area contributed by atoms with Crippen molar-refractivity contribution < 1.29 is 39.8 Å². The Balaban J connectivity index is 2.17. The predicted octanol–water partition coefficient (Wildman–Crippen LogP) is 17.9. The summed E-state index contributed by atoms with van der Waals surface area (Å²) < 4.78 is 11.3. The lowest BCUT2D eigenvalue weighted by atomic mass is 9.99. The van der Waals surface area contributed by atoms with Crippen LogP contribution in [0.4, 0.5) is 0 Å². The average molecular weight is 1120 g/mol. The highest BCUT2D eigenvalue weighted by molar-refractivity contribution is 5.76. The van der Waals surface area contributed by atoms with Crippen molar-refractivity contribution in [3.63, 3.8) is 0 Å². The number of carbonyl (C=O) groups is 1. The highest BCUT2D eigenvalue weighted by Gasteiger charge is 2.44. The third-order valence-electron chi connectivity index (χ3n) is 15.4. The summed E-state index contributed by atoms with van der Waals surface area (Å²) in [5, 5.41) is 54.7. The third kappa shape index (κ3) is 47.6. The Morgan fingerprint density at radius 1 is 0.438 bits per heavy atom. The van der Waals surface area contributed by atoms with Crippen LogP contribution in [0.5, 0.6) is 0 Å². The molecule has 0 aromatic heterocycles. The summed E-state index contributed by atoms with van der Waals surface area (Å²) >= 11 is 0. The van der Waals surface area contributed by atoms with Crippen molar-refractivity contribution in [1.82, 2.24) is 5.32 Å². The lowest BCUT2D eigenvalue weighted by Crippen LogP contribution is -2.60. The largest absolute Gasteiger partial charge is 0.394 e. The molecule has 1 aliphatic heterocycles. The fraction of sp³-hybridized carbons (Fsp3) is 0.761. The molecule has 0 aromatic carbocycles. The van der Waals surface area contributed by atoms with Crippen molar-refractivity contribution >= 4 is 5.91 Å². The standard InChI is InChI=1S/C71H125NO8/c1-3-5-7-9-11-13-15-17-19-21-23-25-27-29-30-31-32-33-34-35-36-37-39-41-43-45-47-49-51-53-55-57-59-61-67(75)72-64(63-79-71-70(78)69(77)68(76)66(62-73)80-71)65(74)60-58-56-54-52-50-48-46-44-42-40-38-28-26-24-22-20-18-16-14-12-10-8-6-4-2/h5,7,11,13,17,19,23,25,29-30,32-33,50,52,58,60,64-66,68-71,73-74,76-78H,3-4,6,8-10,12,14-16,18,20-22,24,26-28,31,34-49,51,53-57,59,61-63H2,1-2H3,(H,72,75)/b7-5-,13-11-,19-17-,25-23-,30-29-,33-32-,52-50+,60-58+. The Hall–Kier alpha value is -2.89. The number of aliphatic hydroxyl groups excluding tert-OH is 5. The Morgan fingerprint density at radius 3 is 1.20 bits per heavy atom. The summed E-state index contributed by atoms with van der Waals surface area (Å²) in [4.78, 5) is 13.1. The van der Waals surface area contributed by atoms with Crippen molar-refractivity contribution in [3.8, 4) is 0 Å². The van der Waals surface area contributed by atoms with E-state index in [4.69, 9.17) is 9.47 Å². The van der Waals surface area contributed by atoms with E-state index in [9.17, 15) is 30.3 Å². The molecule has 0 saturated carbocycles. The molecule has 0 spiro atoms. The van der Waals surface area contributed by atoms with Gasteiger partial charge in [-0.25, -0.2) is 0 Å². The van der Waals surface area contributed by atoms with Crippen LogP contribution in [0.25, 0.3) is 0 Å². The quantitative estimate of drug-likeness (QED) is 0.0261. The van der Waals surface area contributed by atoms with Gasteiger partial charge in [-0.2, -0.15) is 0 Å². The number of hydrogen-bond donors (Lipinski definition) is 6. The van der Waals surface area contributed by atoms with Crippen LogP contribution in [-0.4, -0.2) is 87.5 Å². The van der Waals surface area contributed by atoms with Crippen LogP contribution in [0.1, 0.15) is 290 Å². The van der Waals surface area contributed by atoms with E-state index < -0.39 is 49.5 Å². The fourth-order valence-electron chi connectivity index (χ4n) is 10.2. The van der Waals surface area contributed by atoms with Crippen molar-refractivity contribution in [2.24, 2.45) is 0 Å². The van der Waals surface area contributed by atoms with Gasteiger partial charge in [-0.1, -0.05) is 297 Å². The summed E-state index contributed by atoms with van der Waals surface area (Å²) in [5.74, 6) is -0.188. The van der Waals surface area contributed by atoms with Gasteiger partial charge < -0.3 is 40.3 Å². The van der Waals surface area contributed by atoms with Crippen LogP contribution in [0.2, 0.25) is 0 Å². The minimum Gasteiger partial charge on any atom is -0.394 e. The van der Waals surface area contributed by atoms with E-state index in [2.05, 4.69) is 104 Å². The topological polar surface area (TPSA) is 149 Å². The van der Waals surface area contributed by atoms with E-state index in [0.717, 1.165) is 77.0 Å². The first-order valence-electron chi connectivity index (χ1n) is 33.5. The van der Waals surface area contributed by atoms with Crippen molar-refractivity contribution in [3.05, 3.63) is 97.2 Å². The molecule has 1 heterocycles. The molecule has 1 rings (SSSR count). The van der Waals surface area contributed by atoms with Gasteiger partial charge in [0.25, 0.3) is 0 Å². The van der Waals surface area contributed by atoms with Gasteiger partial charge in [0.2, 0.25) is 5.91 Å². The van der Waals surface area contributed by atoms with E-state index in [1.807, 2.05) is 6.08 Å². The minimum atomic E-state index is -1.58. The number of aliphatic hydroxyl groups is 5. The fourth-order valence-corrected chi connectivity index (χ4v) is 10.2. The lowest BCUT2D eigenvalue weighted by Gasteiger charge is -2.40. The molecule has 6 N–H and O–H groups in total. The maximum atomic E-state index is 13.1. The normalized spacial score (nSPS) is 19.1. The van der Waals surface area contributed by atoms with E-state index >= 15 is 0 Å². The first-order valence-corrected chi connectivity index (χ1v) is 33.5. The number of carbonyl (C=O) groups excluding carboxylic acids is 1. The SMILES string of the molecule is CC/C=C\C/C=C\C/C=C\C/C=C\C/C=C\C/C=C\CCCCCCCCCCCCCCCCC(=O)NC(COC1OC(CO)C(O)C(O)C1O)C(O)/C=C/CC/C=C/CCCCCCCCCCCCCCCCCCCC.